The molecule has 104 valence electrons. The van der Waals surface area contributed by atoms with E-state index >= 15 is 0 Å². The van der Waals surface area contributed by atoms with Gasteiger partial charge >= 0.3 is 0 Å². The molecular weight excluding hydrogens is 242 g/mol. The molecule has 2 heterocycles. The maximum Gasteiger partial charge on any atom is 0.256 e. The number of aromatic nitrogens is 1. The Morgan fingerprint density at radius 2 is 2.37 bits per heavy atom. The number of anilines is 1. The molecule has 1 aromatic rings. The van der Waals surface area contributed by atoms with Crippen molar-refractivity contribution in [2.45, 2.75) is 19.8 Å². The van der Waals surface area contributed by atoms with Crippen LogP contribution in [0.3, 0.4) is 0 Å². The molecule has 0 unspecified atom stereocenters. The minimum atomic E-state index is 0.0616. The van der Waals surface area contributed by atoms with Crippen molar-refractivity contribution in [2.24, 2.45) is 0 Å². The number of carbonyl (C=O) groups excluding carboxylic acids is 1. The zero-order chi connectivity index (χ0) is 13.5. The summed E-state index contributed by atoms with van der Waals surface area (Å²) >= 11 is 0. The number of carbonyl (C=O) groups is 1. The molecule has 0 spiro atoms. The van der Waals surface area contributed by atoms with Gasteiger partial charge in [0.15, 0.2) is 0 Å². The largest absolute Gasteiger partial charge is 0.383 e. The molecule has 0 aliphatic carbocycles. The molecule has 0 saturated carbocycles. The van der Waals surface area contributed by atoms with Crippen LogP contribution >= 0.6 is 0 Å². The predicted molar refractivity (Wildman–Crippen MR) is 74.4 cm³/mol. The Kier molecular flexibility index (Phi) is 5.15. The van der Waals surface area contributed by atoms with Crippen LogP contribution < -0.4 is 5.32 Å². The summed E-state index contributed by atoms with van der Waals surface area (Å²) in [6.45, 7) is 5.71. The number of amides is 1. The van der Waals surface area contributed by atoms with E-state index in [0.717, 1.165) is 38.2 Å². The van der Waals surface area contributed by atoms with E-state index in [-0.39, 0.29) is 5.91 Å². The lowest BCUT2D eigenvalue weighted by Gasteiger charge is -2.21. The van der Waals surface area contributed by atoms with Crippen molar-refractivity contribution >= 4 is 11.6 Å². The first kappa shape index (κ1) is 13.8. The zero-order valence-electron chi connectivity index (χ0n) is 11.4. The van der Waals surface area contributed by atoms with Crippen LogP contribution in [0.2, 0.25) is 0 Å². The molecule has 0 aromatic carbocycles. The molecule has 1 saturated heterocycles. The van der Waals surface area contributed by atoms with Crippen molar-refractivity contribution in [1.82, 2.24) is 9.88 Å². The van der Waals surface area contributed by atoms with E-state index < -0.39 is 0 Å². The van der Waals surface area contributed by atoms with Gasteiger partial charge < -0.3 is 15.0 Å². The zero-order valence-corrected chi connectivity index (χ0v) is 11.4. The van der Waals surface area contributed by atoms with Crippen molar-refractivity contribution in [3.63, 3.8) is 0 Å². The van der Waals surface area contributed by atoms with Crippen LogP contribution in [0.4, 0.5) is 5.69 Å². The highest BCUT2D eigenvalue weighted by molar-refractivity contribution is 5.99. The number of nitrogens with one attached hydrogen (secondary N) is 1. The highest BCUT2D eigenvalue weighted by Gasteiger charge is 2.19. The van der Waals surface area contributed by atoms with Crippen LogP contribution in [-0.2, 0) is 4.74 Å². The summed E-state index contributed by atoms with van der Waals surface area (Å²) in [6, 6.07) is 1.78. The van der Waals surface area contributed by atoms with Crippen LogP contribution in [0.1, 0.15) is 30.1 Å². The van der Waals surface area contributed by atoms with E-state index in [1.54, 1.807) is 18.5 Å². The minimum absolute atomic E-state index is 0.0616. The van der Waals surface area contributed by atoms with Crippen molar-refractivity contribution in [3.05, 3.63) is 24.0 Å². The van der Waals surface area contributed by atoms with Crippen LogP contribution in [-0.4, -0.2) is 48.6 Å². The molecule has 0 radical (unpaired) electrons. The second-order valence-corrected chi connectivity index (χ2v) is 4.61. The van der Waals surface area contributed by atoms with Gasteiger partial charge in [0.05, 0.1) is 24.1 Å². The first-order chi connectivity index (χ1) is 9.33. The molecule has 1 aliphatic rings. The highest BCUT2D eigenvalue weighted by atomic mass is 16.5. The van der Waals surface area contributed by atoms with Crippen LogP contribution in [0.5, 0.6) is 0 Å². The van der Waals surface area contributed by atoms with Gasteiger partial charge in [0.1, 0.15) is 0 Å². The van der Waals surface area contributed by atoms with Gasteiger partial charge in [-0.2, -0.15) is 0 Å². The van der Waals surface area contributed by atoms with E-state index in [4.69, 9.17) is 4.74 Å². The maximum absolute atomic E-state index is 12.5. The molecule has 2 rings (SSSR count). The lowest BCUT2D eigenvalue weighted by atomic mass is 10.2. The summed E-state index contributed by atoms with van der Waals surface area (Å²) in [5.41, 5.74) is 1.52. The van der Waals surface area contributed by atoms with Crippen LogP contribution in [0.15, 0.2) is 18.5 Å². The molecule has 1 aromatic heterocycles. The second kappa shape index (κ2) is 7.09. The highest BCUT2D eigenvalue weighted by Crippen LogP contribution is 2.17. The van der Waals surface area contributed by atoms with E-state index in [1.165, 1.54) is 0 Å². The molecule has 1 N–H and O–H groups in total. The van der Waals surface area contributed by atoms with Gasteiger partial charge in [0.25, 0.3) is 5.91 Å². The van der Waals surface area contributed by atoms with E-state index in [0.29, 0.717) is 18.7 Å². The van der Waals surface area contributed by atoms with Gasteiger partial charge in [-0.05, 0) is 18.9 Å². The number of pyridine rings is 1. The van der Waals surface area contributed by atoms with E-state index in [2.05, 4.69) is 17.2 Å². The monoisotopic (exact) mass is 263 g/mol. The summed E-state index contributed by atoms with van der Waals surface area (Å²) in [7, 11) is 0. The smallest absolute Gasteiger partial charge is 0.256 e. The Morgan fingerprint density at radius 1 is 1.47 bits per heavy atom. The van der Waals surface area contributed by atoms with Gasteiger partial charge in [-0.1, -0.05) is 6.92 Å². The number of ether oxygens (including phenoxy) is 1. The molecule has 1 amide bonds. The Labute approximate surface area is 114 Å². The van der Waals surface area contributed by atoms with Gasteiger partial charge in [-0.25, -0.2) is 0 Å². The average molecular weight is 263 g/mol. The fourth-order valence-electron chi connectivity index (χ4n) is 2.10. The fourth-order valence-corrected chi connectivity index (χ4v) is 2.10. The lowest BCUT2D eigenvalue weighted by Crippen LogP contribution is -2.33. The summed E-state index contributed by atoms with van der Waals surface area (Å²) in [4.78, 5) is 18.5. The van der Waals surface area contributed by atoms with Crippen LogP contribution in [0, 0.1) is 0 Å². The summed E-state index contributed by atoms with van der Waals surface area (Å²) in [5.74, 6) is 0.0616. The quantitative estimate of drug-likeness (QED) is 0.899. The number of hydrogen-bond donors (Lipinski definition) is 1. The maximum atomic E-state index is 12.5. The Bertz CT molecular complexity index is 415. The summed E-state index contributed by atoms with van der Waals surface area (Å²) < 4.78 is 5.38. The van der Waals surface area contributed by atoms with Crippen molar-refractivity contribution in [3.8, 4) is 0 Å². The molecule has 19 heavy (non-hydrogen) atoms. The molecule has 5 nitrogen and oxygen atoms in total. The molecule has 1 fully saturated rings. The Balaban J connectivity index is 2.12. The summed E-state index contributed by atoms with van der Waals surface area (Å²) in [6.07, 6.45) is 5.30. The second-order valence-electron chi connectivity index (χ2n) is 4.61. The predicted octanol–water partition coefficient (Wildman–Crippen LogP) is 1.77. The van der Waals surface area contributed by atoms with Gasteiger partial charge in [-0.15, -0.1) is 0 Å². The molecule has 1 aliphatic heterocycles. The topological polar surface area (TPSA) is 54.5 Å². The van der Waals surface area contributed by atoms with Crippen molar-refractivity contribution in [2.75, 3.05) is 38.2 Å². The van der Waals surface area contributed by atoms with Gasteiger partial charge in [-0.3, -0.25) is 9.78 Å². The fraction of sp³-hybridized carbons (Fsp3) is 0.571. The van der Waals surface area contributed by atoms with Gasteiger partial charge in [0, 0.05) is 32.4 Å². The van der Waals surface area contributed by atoms with E-state index in [1.807, 2.05) is 4.90 Å². The summed E-state index contributed by atoms with van der Waals surface area (Å²) in [5, 5.41) is 3.26. The normalized spacial score (nSPS) is 15.9. The first-order valence-corrected chi connectivity index (χ1v) is 6.88. The third-order valence-electron chi connectivity index (χ3n) is 3.13. The Morgan fingerprint density at radius 3 is 3.21 bits per heavy atom. The molecule has 5 heteroatoms. The van der Waals surface area contributed by atoms with Crippen molar-refractivity contribution < 1.29 is 9.53 Å². The minimum Gasteiger partial charge on any atom is -0.383 e. The first-order valence-electron chi connectivity index (χ1n) is 6.88. The third-order valence-corrected chi connectivity index (χ3v) is 3.13. The lowest BCUT2D eigenvalue weighted by molar-refractivity contribution is 0.0742. The van der Waals surface area contributed by atoms with Gasteiger partial charge in [0.2, 0.25) is 0 Å². The van der Waals surface area contributed by atoms with Crippen LogP contribution in [0.25, 0.3) is 0 Å². The number of hydrogen-bond acceptors (Lipinski definition) is 4. The van der Waals surface area contributed by atoms with E-state index in [9.17, 15) is 4.79 Å². The Hall–Kier alpha value is -1.62. The molecular formula is C14H21N3O2. The third kappa shape index (κ3) is 3.67. The SMILES string of the molecule is CCCNc1cnccc1C(=O)N1CCCOCC1. The van der Waals surface area contributed by atoms with Crippen molar-refractivity contribution in [1.29, 1.82) is 0 Å². The molecule has 0 bridgehead atoms. The molecule has 0 atom stereocenters. The average Bonchev–Trinajstić information content (AvgIpc) is 2.73. The number of rotatable bonds is 4. The standard InChI is InChI=1S/C14H21N3O2/c1-2-5-16-13-11-15-6-4-12(13)14(18)17-7-3-9-19-10-8-17/h4,6,11,16H,2-3,5,7-10H2,1H3. The number of nitrogens with zero attached hydrogens (tertiary/aromatic N) is 2.